The van der Waals surface area contributed by atoms with Crippen molar-refractivity contribution in [2.24, 2.45) is 0 Å². The molecule has 1 aromatic carbocycles. The molecule has 1 aromatic rings. The van der Waals surface area contributed by atoms with Crippen LogP contribution in [0.3, 0.4) is 0 Å². The number of nitrogens with one attached hydrogen (secondary N) is 1. The van der Waals surface area contributed by atoms with Gasteiger partial charge in [0.1, 0.15) is 11.9 Å². The fraction of sp³-hybridized carbons (Fsp3) is 0.500. The van der Waals surface area contributed by atoms with Crippen molar-refractivity contribution < 1.29 is 23.0 Å². The summed E-state index contributed by atoms with van der Waals surface area (Å²) < 4.78 is 42.6. The van der Waals surface area contributed by atoms with Crippen LogP contribution < -0.4 is 10.1 Å². The standard InChI is InChI=1S/C12H14F3NO2/c13-12(14,15)8-1-3-10(4-2-8)18-11-5-9(7-17)16-6-11/h1-4,9,11,16-17H,5-7H2/t9-,11-/m0/s1. The number of ether oxygens (including phenoxy) is 1. The molecular formula is C12H14F3NO2. The highest BCUT2D eigenvalue weighted by molar-refractivity contribution is 5.29. The van der Waals surface area contributed by atoms with E-state index in [9.17, 15) is 13.2 Å². The fourth-order valence-corrected chi connectivity index (χ4v) is 1.93. The second-order valence-corrected chi connectivity index (χ2v) is 4.29. The van der Waals surface area contributed by atoms with Crippen LogP contribution in [-0.2, 0) is 6.18 Å². The molecule has 1 heterocycles. The van der Waals surface area contributed by atoms with E-state index >= 15 is 0 Å². The highest BCUT2D eigenvalue weighted by Crippen LogP contribution is 2.30. The molecule has 0 aromatic heterocycles. The smallest absolute Gasteiger partial charge is 0.416 e. The number of aliphatic hydroxyl groups is 1. The molecule has 1 aliphatic heterocycles. The van der Waals surface area contributed by atoms with Gasteiger partial charge in [0.25, 0.3) is 0 Å². The molecule has 18 heavy (non-hydrogen) atoms. The van der Waals surface area contributed by atoms with E-state index in [1.807, 2.05) is 0 Å². The fourth-order valence-electron chi connectivity index (χ4n) is 1.93. The highest BCUT2D eigenvalue weighted by atomic mass is 19.4. The molecule has 1 aliphatic rings. The van der Waals surface area contributed by atoms with Crippen LogP contribution >= 0.6 is 0 Å². The highest BCUT2D eigenvalue weighted by Gasteiger charge is 2.30. The number of hydrogen-bond acceptors (Lipinski definition) is 3. The maximum atomic E-state index is 12.3. The van der Waals surface area contributed by atoms with Crippen molar-refractivity contribution in [2.75, 3.05) is 13.2 Å². The molecule has 2 atom stereocenters. The molecule has 0 radical (unpaired) electrons. The molecule has 100 valence electrons. The molecule has 0 saturated carbocycles. The number of rotatable bonds is 3. The Bertz CT molecular complexity index is 391. The number of hydrogen-bond donors (Lipinski definition) is 2. The van der Waals surface area contributed by atoms with Gasteiger partial charge in [-0.1, -0.05) is 0 Å². The molecule has 3 nitrogen and oxygen atoms in total. The summed E-state index contributed by atoms with van der Waals surface area (Å²) in [5.41, 5.74) is -0.687. The minimum absolute atomic E-state index is 0.00412. The molecule has 1 fully saturated rings. The van der Waals surface area contributed by atoms with Gasteiger partial charge in [-0.2, -0.15) is 13.2 Å². The van der Waals surface area contributed by atoms with Crippen molar-refractivity contribution in [1.29, 1.82) is 0 Å². The predicted molar refractivity (Wildman–Crippen MR) is 59.4 cm³/mol. The third-order valence-corrected chi connectivity index (χ3v) is 2.89. The molecule has 6 heteroatoms. The molecule has 2 rings (SSSR count). The van der Waals surface area contributed by atoms with Crippen LogP contribution in [0.4, 0.5) is 13.2 Å². The first kappa shape index (κ1) is 13.2. The van der Waals surface area contributed by atoms with Crippen LogP contribution in [0.25, 0.3) is 0 Å². The van der Waals surface area contributed by atoms with Crippen molar-refractivity contribution in [2.45, 2.75) is 24.7 Å². The first-order valence-electron chi connectivity index (χ1n) is 5.67. The van der Waals surface area contributed by atoms with Crippen LogP contribution in [-0.4, -0.2) is 30.4 Å². The van der Waals surface area contributed by atoms with Gasteiger partial charge in [0, 0.05) is 19.0 Å². The summed E-state index contributed by atoms with van der Waals surface area (Å²) in [6, 6.07) is 4.64. The number of aliphatic hydroxyl groups excluding tert-OH is 1. The number of benzene rings is 1. The summed E-state index contributed by atoms with van der Waals surface area (Å²) >= 11 is 0. The zero-order valence-corrected chi connectivity index (χ0v) is 9.57. The van der Waals surface area contributed by atoms with Gasteiger partial charge in [-0.3, -0.25) is 0 Å². The minimum Gasteiger partial charge on any atom is -0.489 e. The van der Waals surface area contributed by atoms with E-state index in [4.69, 9.17) is 9.84 Å². The monoisotopic (exact) mass is 261 g/mol. The van der Waals surface area contributed by atoms with Gasteiger partial charge in [0.05, 0.1) is 12.2 Å². The SMILES string of the molecule is OC[C@@H]1C[C@H](Oc2ccc(C(F)(F)F)cc2)CN1. The molecule has 0 bridgehead atoms. The lowest BCUT2D eigenvalue weighted by Gasteiger charge is -2.13. The summed E-state index contributed by atoms with van der Waals surface area (Å²) in [5.74, 6) is 0.411. The number of alkyl halides is 3. The summed E-state index contributed by atoms with van der Waals surface area (Å²) in [4.78, 5) is 0. The normalized spacial score (nSPS) is 24.2. The quantitative estimate of drug-likeness (QED) is 0.872. The second-order valence-electron chi connectivity index (χ2n) is 4.29. The lowest BCUT2D eigenvalue weighted by atomic mass is 10.2. The molecular weight excluding hydrogens is 247 g/mol. The van der Waals surface area contributed by atoms with E-state index in [2.05, 4.69) is 5.32 Å². The van der Waals surface area contributed by atoms with Gasteiger partial charge < -0.3 is 15.2 Å². The summed E-state index contributed by atoms with van der Waals surface area (Å²) in [5, 5.41) is 12.0. The minimum atomic E-state index is -4.32. The molecule has 0 amide bonds. The zero-order chi connectivity index (χ0) is 13.2. The van der Waals surface area contributed by atoms with Crippen LogP contribution in [0.2, 0.25) is 0 Å². The lowest BCUT2D eigenvalue weighted by molar-refractivity contribution is -0.137. The maximum absolute atomic E-state index is 12.3. The maximum Gasteiger partial charge on any atom is 0.416 e. The molecule has 0 unspecified atom stereocenters. The van der Waals surface area contributed by atoms with E-state index in [-0.39, 0.29) is 18.8 Å². The van der Waals surface area contributed by atoms with Gasteiger partial charge in [0.2, 0.25) is 0 Å². The third-order valence-electron chi connectivity index (χ3n) is 2.89. The van der Waals surface area contributed by atoms with Gasteiger partial charge in [-0.05, 0) is 24.3 Å². The average molecular weight is 261 g/mol. The van der Waals surface area contributed by atoms with Crippen molar-refractivity contribution >= 4 is 0 Å². The Morgan fingerprint density at radius 3 is 2.44 bits per heavy atom. The summed E-state index contributed by atoms with van der Waals surface area (Å²) in [7, 11) is 0. The Balaban J connectivity index is 1.95. The van der Waals surface area contributed by atoms with Gasteiger partial charge in [-0.15, -0.1) is 0 Å². The topological polar surface area (TPSA) is 41.5 Å². The first-order valence-corrected chi connectivity index (χ1v) is 5.67. The van der Waals surface area contributed by atoms with Gasteiger partial charge in [0.15, 0.2) is 0 Å². The van der Waals surface area contributed by atoms with Gasteiger partial charge in [-0.25, -0.2) is 0 Å². The van der Waals surface area contributed by atoms with Crippen LogP contribution in [0, 0.1) is 0 Å². The molecule has 1 saturated heterocycles. The second kappa shape index (κ2) is 5.16. The van der Waals surface area contributed by atoms with E-state index in [1.165, 1.54) is 12.1 Å². The zero-order valence-electron chi connectivity index (χ0n) is 9.57. The van der Waals surface area contributed by atoms with E-state index in [0.29, 0.717) is 18.7 Å². The molecule has 0 spiro atoms. The Hall–Kier alpha value is -1.27. The summed E-state index contributed by atoms with van der Waals surface area (Å²) in [6.45, 7) is 0.624. The summed E-state index contributed by atoms with van der Waals surface area (Å²) in [6.07, 6.45) is -3.79. The van der Waals surface area contributed by atoms with E-state index < -0.39 is 11.7 Å². The van der Waals surface area contributed by atoms with Crippen molar-refractivity contribution in [3.63, 3.8) is 0 Å². The average Bonchev–Trinajstić information content (AvgIpc) is 2.76. The lowest BCUT2D eigenvalue weighted by Crippen LogP contribution is -2.25. The Morgan fingerprint density at radius 1 is 1.28 bits per heavy atom. The van der Waals surface area contributed by atoms with Crippen LogP contribution in [0.15, 0.2) is 24.3 Å². The van der Waals surface area contributed by atoms with Gasteiger partial charge >= 0.3 is 6.18 Å². The predicted octanol–water partition coefficient (Wildman–Crippen LogP) is 1.81. The van der Waals surface area contributed by atoms with E-state index in [0.717, 1.165) is 12.1 Å². The first-order chi connectivity index (χ1) is 8.49. The molecule has 2 N–H and O–H groups in total. The molecule has 0 aliphatic carbocycles. The Labute approximate surface area is 103 Å². The van der Waals surface area contributed by atoms with E-state index in [1.54, 1.807) is 0 Å². The number of halogens is 3. The Morgan fingerprint density at radius 2 is 1.94 bits per heavy atom. The Kier molecular flexibility index (Phi) is 3.77. The van der Waals surface area contributed by atoms with Crippen molar-refractivity contribution in [3.8, 4) is 5.75 Å². The van der Waals surface area contributed by atoms with Crippen LogP contribution in [0.5, 0.6) is 5.75 Å². The largest absolute Gasteiger partial charge is 0.489 e. The van der Waals surface area contributed by atoms with Crippen molar-refractivity contribution in [1.82, 2.24) is 5.32 Å². The third kappa shape index (κ3) is 3.14. The van der Waals surface area contributed by atoms with Crippen LogP contribution in [0.1, 0.15) is 12.0 Å². The van der Waals surface area contributed by atoms with Crippen molar-refractivity contribution in [3.05, 3.63) is 29.8 Å².